The Bertz CT molecular complexity index is 1040. The maximum atomic E-state index is 12.2. The van der Waals surface area contributed by atoms with Crippen molar-refractivity contribution < 1.29 is 8.42 Å². The van der Waals surface area contributed by atoms with Crippen LogP contribution < -0.4 is 4.83 Å². The van der Waals surface area contributed by atoms with E-state index in [1.165, 1.54) is 30.5 Å². The molecule has 6 nitrogen and oxygen atoms in total. The summed E-state index contributed by atoms with van der Waals surface area (Å²) in [5.74, 6) is 0. The predicted octanol–water partition coefficient (Wildman–Crippen LogP) is 3.45. The van der Waals surface area contributed by atoms with E-state index in [1.807, 2.05) is 44.2 Å². The van der Waals surface area contributed by atoms with Gasteiger partial charge in [-0.05, 0) is 50.2 Å². The van der Waals surface area contributed by atoms with Crippen LogP contribution >= 0.6 is 11.6 Å². The van der Waals surface area contributed by atoms with Crippen molar-refractivity contribution in [2.24, 2.45) is 5.10 Å². The zero-order chi connectivity index (χ0) is 18.7. The molecule has 26 heavy (non-hydrogen) atoms. The third kappa shape index (κ3) is 3.79. The van der Waals surface area contributed by atoms with Gasteiger partial charge in [0.15, 0.2) is 0 Å². The quantitative estimate of drug-likeness (QED) is 0.537. The average Bonchev–Trinajstić information content (AvgIpc) is 2.91. The van der Waals surface area contributed by atoms with E-state index in [4.69, 9.17) is 11.6 Å². The van der Waals surface area contributed by atoms with Crippen molar-refractivity contribution >= 4 is 27.8 Å². The van der Waals surface area contributed by atoms with Crippen LogP contribution in [0.2, 0.25) is 5.02 Å². The van der Waals surface area contributed by atoms with Crippen molar-refractivity contribution in [1.29, 1.82) is 0 Å². The second-order valence-electron chi connectivity index (χ2n) is 5.64. The molecule has 0 aliphatic rings. The fourth-order valence-corrected chi connectivity index (χ4v) is 3.41. The van der Waals surface area contributed by atoms with Crippen LogP contribution in [0, 0.1) is 13.8 Å². The molecule has 0 aliphatic carbocycles. The van der Waals surface area contributed by atoms with Crippen molar-refractivity contribution in [2.75, 3.05) is 0 Å². The van der Waals surface area contributed by atoms with E-state index in [9.17, 15) is 8.42 Å². The highest BCUT2D eigenvalue weighted by atomic mass is 35.5. The van der Waals surface area contributed by atoms with E-state index >= 15 is 0 Å². The van der Waals surface area contributed by atoms with Gasteiger partial charge in [-0.15, -0.1) is 0 Å². The van der Waals surface area contributed by atoms with Gasteiger partial charge in [0, 0.05) is 10.6 Å². The number of hydrogen-bond acceptors (Lipinski definition) is 4. The lowest BCUT2D eigenvalue weighted by Gasteiger charge is -2.04. The average molecular weight is 389 g/mol. The van der Waals surface area contributed by atoms with E-state index in [2.05, 4.69) is 15.0 Å². The smallest absolute Gasteiger partial charge is 0.237 e. The number of nitrogens with one attached hydrogen (secondary N) is 1. The maximum Gasteiger partial charge on any atom is 0.276 e. The van der Waals surface area contributed by atoms with Crippen LogP contribution in [0.25, 0.3) is 5.69 Å². The van der Waals surface area contributed by atoms with Crippen LogP contribution in [0.1, 0.15) is 17.0 Å². The summed E-state index contributed by atoms with van der Waals surface area (Å²) in [6.45, 7) is 3.75. The van der Waals surface area contributed by atoms with Gasteiger partial charge in [0.05, 0.1) is 28.2 Å². The Morgan fingerprint density at radius 1 is 1.08 bits per heavy atom. The number of para-hydroxylation sites is 1. The molecule has 134 valence electrons. The minimum absolute atomic E-state index is 0.0903. The monoisotopic (exact) mass is 388 g/mol. The molecule has 0 bridgehead atoms. The van der Waals surface area contributed by atoms with Crippen molar-refractivity contribution in [3.05, 3.63) is 76.6 Å². The van der Waals surface area contributed by atoms with Gasteiger partial charge in [-0.25, -0.2) is 9.51 Å². The molecule has 0 saturated carbocycles. The molecule has 0 atom stereocenters. The first kappa shape index (κ1) is 18.2. The van der Waals surface area contributed by atoms with Gasteiger partial charge in [0.2, 0.25) is 0 Å². The van der Waals surface area contributed by atoms with Crippen molar-refractivity contribution in [3.63, 3.8) is 0 Å². The number of aromatic nitrogens is 2. The Labute approximate surface area is 157 Å². The summed E-state index contributed by atoms with van der Waals surface area (Å²) in [7, 11) is -3.75. The fourth-order valence-electron chi connectivity index (χ4n) is 2.49. The molecule has 3 aromatic rings. The summed E-state index contributed by atoms with van der Waals surface area (Å²) in [4.78, 5) is 2.30. The minimum atomic E-state index is -3.75. The zero-order valence-corrected chi connectivity index (χ0v) is 15.8. The predicted molar refractivity (Wildman–Crippen MR) is 102 cm³/mol. The first-order valence-electron chi connectivity index (χ1n) is 7.80. The van der Waals surface area contributed by atoms with E-state index in [0.717, 1.165) is 22.6 Å². The Morgan fingerprint density at radius 2 is 1.73 bits per heavy atom. The number of rotatable bonds is 5. The standard InChI is InChI=1S/C18H17ClN4O2S/c1-13-18(14(2)23(21-13)16-6-4-3-5-7-16)12-20-22-26(24,25)17-10-8-15(19)9-11-17/h3-12,22H,1-2H3/b20-12+. The Morgan fingerprint density at radius 3 is 2.38 bits per heavy atom. The summed E-state index contributed by atoms with van der Waals surface area (Å²) in [6, 6.07) is 15.6. The van der Waals surface area contributed by atoms with Crippen molar-refractivity contribution in [1.82, 2.24) is 14.6 Å². The molecule has 2 aromatic carbocycles. The highest BCUT2D eigenvalue weighted by Gasteiger charge is 2.14. The number of benzene rings is 2. The Balaban J connectivity index is 1.83. The molecule has 8 heteroatoms. The molecule has 1 N–H and O–H groups in total. The SMILES string of the molecule is Cc1nn(-c2ccccc2)c(C)c1/C=N/NS(=O)(=O)c1ccc(Cl)cc1. The molecule has 3 rings (SSSR count). The summed E-state index contributed by atoms with van der Waals surface area (Å²) in [5, 5.41) is 8.85. The second kappa shape index (κ2) is 7.31. The number of nitrogens with zero attached hydrogens (tertiary/aromatic N) is 3. The number of halogens is 1. The lowest BCUT2D eigenvalue weighted by atomic mass is 10.2. The first-order chi connectivity index (χ1) is 12.4. The fraction of sp³-hybridized carbons (Fsp3) is 0.111. The molecular formula is C18H17ClN4O2S. The molecule has 0 unspecified atom stereocenters. The topological polar surface area (TPSA) is 76.3 Å². The molecule has 1 aromatic heterocycles. The summed E-state index contributed by atoms with van der Waals surface area (Å²) >= 11 is 5.78. The number of hydrogen-bond donors (Lipinski definition) is 1. The normalized spacial score (nSPS) is 11.8. The van der Waals surface area contributed by atoms with Crippen LogP contribution in [-0.2, 0) is 10.0 Å². The maximum absolute atomic E-state index is 12.2. The number of hydrazone groups is 1. The molecule has 0 spiro atoms. The molecular weight excluding hydrogens is 372 g/mol. The van der Waals surface area contributed by atoms with Gasteiger partial charge in [-0.2, -0.15) is 18.6 Å². The highest BCUT2D eigenvalue weighted by Crippen LogP contribution is 2.17. The molecule has 0 radical (unpaired) electrons. The molecule has 0 fully saturated rings. The van der Waals surface area contributed by atoms with Gasteiger partial charge < -0.3 is 0 Å². The van der Waals surface area contributed by atoms with Gasteiger partial charge in [0.1, 0.15) is 0 Å². The minimum Gasteiger partial charge on any atom is -0.237 e. The summed E-state index contributed by atoms with van der Waals surface area (Å²) in [5.41, 5.74) is 3.30. The Hall–Kier alpha value is -2.64. The zero-order valence-electron chi connectivity index (χ0n) is 14.2. The van der Waals surface area contributed by atoms with E-state index in [0.29, 0.717) is 5.02 Å². The van der Waals surface area contributed by atoms with E-state index in [1.54, 1.807) is 4.68 Å². The molecule has 0 amide bonds. The number of sulfonamides is 1. The molecule has 0 saturated heterocycles. The van der Waals surface area contributed by atoms with Crippen molar-refractivity contribution in [2.45, 2.75) is 18.7 Å². The molecule has 0 aliphatic heterocycles. The lowest BCUT2D eigenvalue weighted by Crippen LogP contribution is -2.18. The van der Waals surface area contributed by atoms with Crippen LogP contribution in [0.5, 0.6) is 0 Å². The van der Waals surface area contributed by atoms with Crippen LogP contribution in [0.15, 0.2) is 64.6 Å². The second-order valence-corrected chi connectivity index (χ2v) is 7.74. The van der Waals surface area contributed by atoms with Crippen LogP contribution in [0.3, 0.4) is 0 Å². The number of aryl methyl sites for hydroxylation is 1. The third-order valence-electron chi connectivity index (χ3n) is 3.84. The van der Waals surface area contributed by atoms with Gasteiger partial charge >= 0.3 is 0 Å². The lowest BCUT2D eigenvalue weighted by molar-refractivity contribution is 0.584. The van der Waals surface area contributed by atoms with Crippen molar-refractivity contribution in [3.8, 4) is 5.69 Å². The Kier molecular flexibility index (Phi) is 5.11. The van der Waals surface area contributed by atoms with Crippen LogP contribution in [-0.4, -0.2) is 24.4 Å². The van der Waals surface area contributed by atoms with E-state index in [-0.39, 0.29) is 4.90 Å². The van der Waals surface area contributed by atoms with Gasteiger partial charge in [0.25, 0.3) is 10.0 Å². The molecule has 1 heterocycles. The van der Waals surface area contributed by atoms with Gasteiger partial charge in [-0.1, -0.05) is 29.8 Å². The van der Waals surface area contributed by atoms with E-state index < -0.39 is 10.0 Å². The largest absolute Gasteiger partial charge is 0.276 e. The summed E-state index contributed by atoms with van der Waals surface area (Å²) in [6.07, 6.45) is 1.46. The van der Waals surface area contributed by atoms with Crippen LogP contribution in [0.4, 0.5) is 0 Å². The third-order valence-corrected chi connectivity index (χ3v) is 5.33. The summed E-state index contributed by atoms with van der Waals surface area (Å²) < 4.78 is 26.3. The van der Waals surface area contributed by atoms with Gasteiger partial charge in [-0.3, -0.25) is 0 Å². The highest BCUT2D eigenvalue weighted by molar-refractivity contribution is 7.89. The first-order valence-corrected chi connectivity index (χ1v) is 9.67.